The molecule has 0 amide bonds. The lowest BCUT2D eigenvalue weighted by atomic mass is 10.0. The molecule has 3 aromatic rings. The van der Waals surface area contributed by atoms with E-state index in [9.17, 15) is 0 Å². The summed E-state index contributed by atoms with van der Waals surface area (Å²) < 4.78 is 0. The first-order valence-corrected chi connectivity index (χ1v) is 7.83. The number of pyridine rings is 2. The van der Waals surface area contributed by atoms with Gasteiger partial charge in [0, 0.05) is 29.9 Å². The predicted octanol–water partition coefficient (Wildman–Crippen LogP) is 4.14. The lowest BCUT2D eigenvalue weighted by molar-refractivity contribution is 0.297. The average Bonchev–Trinajstić information content (AvgIpc) is 2.60. The zero-order valence-corrected chi connectivity index (χ0v) is 13.2. The highest BCUT2D eigenvalue weighted by Crippen LogP contribution is 2.25. The minimum Gasteiger partial charge on any atom is -0.300 e. The van der Waals surface area contributed by atoms with E-state index in [0.29, 0.717) is 0 Å². The Hall–Kier alpha value is -2.26. The van der Waals surface area contributed by atoms with Crippen LogP contribution in [0.15, 0.2) is 54.9 Å². The van der Waals surface area contributed by atoms with Gasteiger partial charge < -0.3 is 0 Å². The lowest BCUT2D eigenvalue weighted by Gasteiger charge is -2.19. The van der Waals surface area contributed by atoms with Crippen molar-refractivity contribution in [2.24, 2.45) is 0 Å². The Kier molecular flexibility index (Phi) is 4.45. The quantitative estimate of drug-likeness (QED) is 0.707. The van der Waals surface area contributed by atoms with Crippen LogP contribution >= 0.6 is 0 Å². The molecule has 0 N–H and O–H groups in total. The van der Waals surface area contributed by atoms with Gasteiger partial charge in [-0.1, -0.05) is 32.0 Å². The van der Waals surface area contributed by atoms with Gasteiger partial charge >= 0.3 is 0 Å². The van der Waals surface area contributed by atoms with Crippen molar-refractivity contribution in [1.29, 1.82) is 0 Å². The van der Waals surface area contributed by atoms with Gasteiger partial charge in [0.25, 0.3) is 0 Å². The highest BCUT2D eigenvalue weighted by Gasteiger charge is 2.09. The van der Waals surface area contributed by atoms with E-state index in [1.54, 1.807) is 0 Å². The van der Waals surface area contributed by atoms with E-state index in [2.05, 4.69) is 48.0 Å². The number of para-hydroxylation sites is 1. The molecule has 0 aliphatic rings. The fourth-order valence-corrected chi connectivity index (χ4v) is 2.74. The van der Waals surface area contributed by atoms with Crippen molar-refractivity contribution < 1.29 is 0 Å². The maximum Gasteiger partial charge on any atom is 0.0714 e. The molecule has 112 valence electrons. The Balaban J connectivity index is 2.12. The Bertz CT molecular complexity index is 749. The highest BCUT2D eigenvalue weighted by atomic mass is 15.1. The summed E-state index contributed by atoms with van der Waals surface area (Å²) in [4.78, 5) is 11.3. The van der Waals surface area contributed by atoms with E-state index in [4.69, 9.17) is 4.98 Å². The largest absolute Gasteiger partial charge is 0.300 e. The molecule has 0 saturated carbocycles. The minimum absolute atomic E-state index is 0.952. The van der Waals surface area contributed by atoms with Crippen molar-refractivity contribution >= 4 is 10.9 Å². The summed E-state index contributed by atoms with van der Waals surface area (Å²) in [5, 5.41) is 1.24. The van der Waals surface area contributed by atoms with Crippen LogP contribution in [0.2, 0.25) is 0 Å². The molecule has 0 fully saturated rings. The van der Waals surface area contributed by atoms with Crippen LogP contribution in [-0.4, -0.2) is 28.0 Å². The molecule has 2 aromatic heterocycles. The van der Waals surface area contributed by atoms with Gasteiger partial charge in [-0.15, -0.1) is 0 Å². The van der Waals surface area contributed by atoms with Gasteiger partial charge in [-0.3, -0.25) is 9.88 Å². The summed E-state index contributed by atoms with van der Waals surface area (Å²) in [5.74, 6) is 0. The van der Waals surface area contributed by atoms with Gasteiger partial charge in [0.05, 0.1) is 11.2 Å². The normalized spacial score (nSPS) is 11.2. The van der Waals surface area contributed by atoms with Crippen LogP contribution in [0, 0.1) is 0 Å². The van der Waals surface area contributed by atoms with Crippen LogP contribution in [0.4, 0.5) is 0 Å². The number of benzene rings is 1. The molecule has 0 unspecified atom stereocenters. The van der Waals surface area contributed by atoms with E-state index >= 15 is 0 Å². The number of hydrogen-bond acceptors (Lipinski definition) is 3. The summed E-state index contributed by atoms with van der Waals surface area (Å²) in [6.45, 7) is 7.47. The second-order valence-corrected chi connectivity index (χ2v) is 5.38. The molecular formula is C19H21N3. The van der Waals surface area contributed by atoms with E-state index in [1.807, 2.05) is 30.6 Å². The molecule has 2 heterocycles. The molecule has 1 aromatic carbocycles. The molecule has 3 rings (SSSR count). The molecule has 0 spiro atoms. The summed E-state index contributed by atoms with van der Waals surface area (Å²) in [6.07, 6.45) is 3.63. The van der Waals surface area contributed by atoms with Gasteiger partial charge in [0.1, 0.15) is 0 Å². The van der Waals surface area contributed by atoms with Crippen molar-refractivity contribution in [3.63, 3.8) is 0 Å². The monoisotopic (exact) mass is 291 g/mol. The maximum absolute atomic E-state index is 4.82. The van der Waals surface area contributed by atoms with Gasteiger partial charge in [0.2, 0.25) is 0 Å². The van der Waals surface area contributed by atoms with Gasteiger partial charge in [0.15, 0.2) is 0 Å². The van der Waals surface area contributed by atoms with Gasteiger partial charge in [-0.25, -0.2) is 4.98 Å². The van der Waals surface area contributed by atoms with E-state index < -0.39 is 0 Å². The fourth-order valence-electron chi connectivity index (χ4n) is 2.74. The first-order valence-electron chi connectivity index (χ1n) is 7.83. The molecular weight excluding hydrogens is 270 g/mol. The average molecular weight is 291 g/mol. The molecule has 0 radical (unpaired) electrons. The molecule has 0 atom stereocenters. The topological polar surface area (TPSA) is 29.0 Å². The number of aromatic nitrogens is 2. The fraction of sp³-hybridized carbons (Fsp3) is 0.263. The van der Waals surface area contributed by atoms with Crippen molar-refractivity contribution in [1.82, 2.24) is 14.9 Å². The Morgan fingerprint density at radius 2 is 1.68 bits per heavy atom. The van der Waals surface area contributed by atoms with Crippen LogP contribution in [0.1, 0.15) is 19.4 Å². The standard InChI is InChI=1S/C19H21N3/c1-3-22(4-2)14-16-13-19(15-9-11-20-12-10-15)21-18-8-6-5-7-17(16)18/h5-13H,3-4,14H2,1-2H3. The number of fused-ring (bicyclic) bond motifs is 1. The third kappa shape index (κ3) is 3.00. The van der Waals surface area contributed by atoms with Crippen LogP contribution in [0.25, 0.3) is 22.2 Å². The molecule has 0 bridgehead atoms. The van der Waals surface area contributed by atoms with Crippen molar-refractivity contribution in [2.75, 3.05) is 13.1 Å². The van der Waals surface area contributed by atoms with Gasteiger partial charge in [-0.2, -0.15) is 0 Å². The summed E-state index contributed by atoms with van der Waals surface area (Å²) in [5.41, 5.74) is 4.52. The van der Waals surface area contributed by atoms with Crippen LogP contribution in [0.5, 0.6) is 0 Å². The molecule has 0 saturated heterocycles. The molecule has 3 heteroatoms. The molecule has 0 aliphatic carbocycles. The third-order valence-corrected chi connectivity index (χ3v) is 4.07. The van der Waals surface area contributed by atoms with Crippen LogP contribution in [-0.2, 0) is 6.54 Å². The summed E-state index contributed by atoms with van der Waals surface area (Å²) >= 11 is 0. The molecule has 22 heavy (non-hydrogen) atoms. The zero-order chi connectivity index (χ0) is 15.4. The predicted molar refractivity (Wildman–Crippen MR) is 91.6 cm³/mol. The van der Waals surface area contributed by atoms with Crippen molar-refractivity contribution in [3.8, 4) is 11.3 Å². The van der Waals surface area contributed by atoms with E-state index in [-0.39, 0.29) is 0 Å². The summed E-state index contributed by atoms with van der Waals surface area (Å²) in [6, 6.07) is 14.6. The van der Waals surface area contributed by atoms with Crippen LogP contribution in [0.3, 0.4) is 0 Å². The Morgan fingerprint density at radius 1 is 0.955 bits per heavy atom. The first-order chi connectivity index (χ1) is 10.8. The van der Waals surface area contributed by atoms with Crippen LogP contribution < -0.4 is 0 Å². The van der Waals surface area contributed by atoms with Crippen molar-refractivity contribution in [3.05, 3.63) is 60.4 Å². The smallest absolute Gasteiger partial charge is 0.0714 e. The second kappa shape index (κ2) is 6.67. The number of hydrogen-bond donors (Lipinski definition) is 0. The second-order valence-electron chi connectivity index (χ2n) is 5.38. The highest BCUT2D eigenvalue weighted by molar-refractivity contribution is 5.85. The van der Waals surface area contributed by atoms with Crippen molar-refractivity contribution in [2.45, 2.75) is 20.4 Å². The van der Waals surface area contributed by atoms with Gasteiger partial charge in [-0.05, 0) is 42.9 Å². The molecule has 3 nitrogen and oxygen atoms in total. The minimum atomic E-state index is 0.952. The Labute approximate surface area is 131 Å². The summed E-state index contributed by atoms with van der Waals surface area (Å²) in [7, 11) is 0. The van der Waals surface area contributed by atoms with E-state index in [0.717, 1.165) is 36.4 Å². The Morgan fingerprint density at radius 3 is 2.41 bits per heavy atom. The first kappa shape index (κ1) is 14.7. The number of nitrogens with zero attached hydrogens (tertiary/aromatic N) is 3. The SMILES string of the molecule is CCN(CC)Cc1cc(-c2ccncc2)nc2ccccc12. The lowest BCUT2D eigenvalue weighted by Crippen LogP contribution is -2.22. The maximum atomic E-state index is 4.82. The van der Waals surface area contributed by atoms with E-state index in [1.165, 1.54) is 10.9 Å². The third-order valence-electron chi connectivity index (χ3n) is 4.07. The zero-order valence-electron chi connectivity index (χ0n) is 13.2. The number of rotatable bonds is 5. The molecule has 0 aliphatic heterocycles.